The molecule has 0 radical (unpaired) electrons. The quantitative estimate of drug-likeness (QED) is 0.618. The van der Waals surface area contributed by atoms with E-state index in [1.54, 1.807) is 24.1 Å². The van der Waals surface area contributed by atoms with Gasteiger partial charge in [0.1, 0.15) is 11.4 Å². The molecule has 0 saturated carbocycles. The molecule has 0 aliphatic heterocycles. The van der Waals surface area contributed by atoms with E-state index in [4.69, 9.17) is 16.3 Å². The van der Waals surface area contributed by atoms with Gasteiger partial charge in [0.15, 0.2) is 0 Å². The van der Waals surface area contributed by atoms with Crippen LogP contribution in [0.5, 0.6) is 5.75 Å². The minimum absolute atomic E-state index is 0.100. The van der Waals surface area contributed by atoms with Crippen molar-refractivity contribution in [2.45, 2.75) is 19.9 Å². The Morgan fingerprint density at radius 2 is 1.96 bits per heavy atom. The summed E-state index contributed by atoms with van der Waals surface area (Å²) in [5.41, 5.74) is 2.07. The van der Waals surface area contributed by atoms with E-state index in [1.165, 1.54) is 0 Å². The Kier molecular flexibility index (Phi) is 5.74. The van der Waals surface area contributed by atoms with E-state index in [0.717, 1.165) is 23.1 Å². The summed E-state index contributed by atoms with van der Waals surface area (Å²) in [6.45, 7) is 3.21. The number of hydrogen-bond donors (Lipinski definition) is 0. The number of pyridine rings is 1. The zero-order chi connectivity index (χ0) is 18.5. The molecule has 0 unspecified atom stereocenters. The third-order valence-corrected chi connectivity index (χ3v) is 4.48. The van der Waals surface area contributed by atoms with Crippen LogP contribution in [0.25, 0.3) is 10.9 Å². The highest BCUT2D eigenvalue weighted by molar-refractivity contribution is 6.35. The summed E-state index contributed by atoms with van der Waals surface area (Å²) in [7, 11) is 1.64. The first-order valence-corrected chi connectivity index (χ1v) is 8.97. The molecule has 1 heterocycles. The predicted octanol–water partition coefficient (Wildman–Crippen LogP) is 4.95. The lowest BCUT2D eigenvalue weighted by Crippen LogP contribution is -2.32. The molecule has 0 saturated heterocycles. The van der Waals surface area contributed by atoms with Crippen molar-refractivity contribution < 1.29 is 9.53 Å². The summed E-state index contributed by atoms with van der Waals surface area (Å²) in [5, 5.41) is 1.47. The van der Waals surface area contributed by atoms with E-state index < -0.39 is 0 Å². The molecule has 0 fully saturated rings. The minimum Gasteiger partial charge on any atom is -0.497 e. The molecular weight excluding hydrogens is 348 g/mol. The van der Waals surface area contributed by atoms with Crippen LogP contribution in [0.3, 0.4) is 0 Å². The maximum absolute atomic E-state index is 13.0. The smallest absolute Gasteiger partial charge is 0.272 e. The molecule has 1 aromatic heterocycles. The number of aromatic nitrogens is 1. The number of benzene rings is 2. The van der Waals surface area contributed by atoms with E-state index in [-0.39, 0.29) is 5.91 Å². The molecule has 5 heteroatoms. The van der Waals surface area contributed by atoms with Crippen LogP contribution in [-0.4, -0.2) is 29.4 Å². The molecule has 1 amide bonds. The Balaban J connectivity index is 1.89. The van der Waals surface area contributed by atoms with Crippen LogP contribution in [0.15, 0.2) is 54.6 Å². The molecule has 0 aliphatic rings. The lowest BCUT2D eigenvalue weighted by atomic mass is 10.1. The first-order valence-electron chi connectivity index (χ1n) is 8.60. The summed E-state index contributed by atoms with van der Waals surface area (Å²) >= 11 is 6.24. The third-order valence-electron chi connectivity index (χ3n) is 4.18. The van der Waals surface area contributed by atoms with Crippen molar-refractivity contribution in [3.05, 3.63) is 70.9 Å². The average Bonchev–Trinajstić information content (AvgIpc) is 2.67. The van der Waals surface area contributed by atoms with Crippen LogP contribution in [-0.2, 0) is 6.54 Å². The number of rotatable bonds is 6. The predicted molar refractivity (Wildman–Crippen MR) is 105 cm³/mol. The summed E-state index contributed by atoms with van der Waals surface area (Å²) in [6.07, 6.45) is 0.865. The van der Waals surface area contributed by atoms with Crippen molar-refractivity contribution in [2.75, 3.05) is 13.7 Å². The fraction of sp³-hybridized carbons (Fsp3) is 0.238. The van der Waals surface area contributed by atoms with Crippen LogP contribution in [0.1, 0.15) is 29.4 Å². The third kappa shape index (κ3) is 3.97. The van der Waals surface area contributed by atoms with Gasteiger partial charge in [-0.2, -0.15) is 0 Å². The van der Waals surface area contributed by atoms with Gasteiger partial charge in [0.25, 0.3) is 5.91 Å². The van der Waals surface area contributed by atoms with Crippen molar-refractivity contribution in [1.29, 1.82) is 0 Å². The normalized spacial score (nSPS) is 10.7. The summed E-state index contributed by atoms with van der Waals surface area (Å²) in [6, 6.07) is 17.0. The van der Waals surface area contributed by atoms with Crippen molar-refractivity contribution in [3.63, 3.8) is 0 Å². The Bertz CT molecular complexity index is 927. The number of methoxy groups -OCH3 is 1. The maximum atomic E-state index is 13.0. The second kappa shape index (κ2) is 8.19. The van der Waals surface area contributed by atoms with Crippen molar-refractivity contribution in [1.82, 2.24) is 9.88 Å². The lowest BCUT2D eigenvalue weighted by molar-refractivity contribution is 0.0737. The highest BCUT2D eigenvalue weighted by Gasteiger charge is 2.18. The highest BCUT2D eigenvalue weighted by atomic mass is 35.5. The molecule has 0 spiro atoms. The van der Waals surface area contributed by atoms with Gasteiger partial charge in [0, 0.05) is 18.5 Å². The lowest BCUT2D eigenvalue weighted by Gasteiger charge is -2.22. The zero-order valence-corrected chi connectivity index (χ0v) is 15.7. The van der Waals surface area contributed by atoms with E-state index >= 15 is 0 Å². The standard InChI is InChI=1S/C21H21ClN2O2/c1-3-12-24(14-15-6-4-8-17(13-15)26-2)21(25)19-11-10-16-7-5-9-18(22)20(16)23-19/h4-11,13H,3,12,14H2,1-2H3. The van der Waals surface area contributed by atoms with Crippen LogP contribution >= 0.6 is 11.6 Å². The van der Waals surface area contributed by atoms with E-state index in [0.29, 0.717) is 29.3 Å². The molecule has 2 aromatic carbocycles. The van der Waals surface area contributed by atoms with Crippen LogP contribution in [0, 0.1) is 0 Å². The second-order valence-corrected chi connectivity index (χ2v) is 6.49. The van der Waals surface area contributed by atoms with Gasteiger partial charge in [0.2, 0.25) is 0 Å². The molecule has 134 valence electrons. The summed E-state index contributed by atoms with van der Waals surface area (Å²) in [5.74, 6) is 0.679. The van der Waals surface area contributed by atoms with E-state index in [9.17, 15) is 4.79 Å². The monoisotopic (exact) mass is 368 g/mol. The molecule has 0 aliphatic carbocycles. The fourth-order valence-electron chi connectivity index (χ4n) is 2.91. The molecule has 3 aromatic rings. The topological polar surface area (TPSA) is 42.4 Å². The maximum Gasteiger partial charge on any atom is 0.272 e. The van der Waals surface area contributed by atoms with E-state index in [1.807, 2.05) is 42.5 Å². The molecule has 3 rings (SSSR count). The number of carbonyl (C=O) groups is 1. The Hall–Kier alpha value is -2.59. The van der Waals surface area contributed by atoms with E-state index in [2.05, 4.69) is 11.9 Å². The molecule has 0 N–H and O–H groups in total. The van der Waals surface area contributed by atoms with Gasteiger partial charge >= 0.3 is 0 Å². The van der Waals surface area contributed by atoms with Crippen LogP contribution in [0.2, 0.25) is 5.02 Å². The highest BCUT2D eigenvalue weighted by Crippen LogP contribution is 2.22. The van der Waals surface area contributed by atoms with Crippen molar-refractivity contribution in [3.8, 4) is 5.75 Å². The van der Waals surface area contributed by atoms with Gasteiger partial charge in [0.05, 0.1) is 17.6 Å². The molecule has 0 bridgehead atoms. The number of halogens is 1. The van der Waals surface area contributed by atoms with Crippen molar-refractivity contribution >= 4 is 28.4 Å². The van der Waals surface area contributed by atoms with Gasteiger partial charge < -0.3 is 9.64 Å². The van der Waals surface area contributed by atoms with Gasteiger partial charge in [-0.05, 0) is 36.2 Å². The number of fused-ring (bicyclic) bond motifs is 1. The first-order chi connectivity index (χ1) is 12.6. The molecule has 26 heavy (non-hydrogen) atoms. The minimum atomic E-state index is -0.100. The molecule has 4 nitrogen and oxygen atoms in total. The number of ether oxygens (including phenoxy) is 1. The Morgan fingerprint density at radius 3 is 2.73 bits per heavy atom. The number of amides is 1. The summed E-state index contributed by atoms with van der Waals surface area (Å²) in [4.78, 5) is 19.3. The number of hydrogen-bond acceptors (Lipinski definition) is 3. The zero-order valence-electron chi connectivity index (χ0n) is 14.9. The Labute approximate surface area is 158 Å². The SMILES string of the molecule is CCCN(Cc1cccc(OC)c1)C(=O)c1ccc2cccc(Cl)c2n1. The number of carbonyl (C=O) groups excluding carboxylic acids is 1. The summed E-state index contributed by atoms with van der Waals surface area (Å²) < 4.78 is 5.27. The largest absolute Gasteiger partial charge is 0.497 e. The van der Waals surface area contributed by atoms with Crippen LogP contribution < -0.4 is 4.74 Å². The molecular formula is C21H21ClN2O2. The average molecular weight is 369 g/mol. The van der Waals surface area contributed by atoms with Gasteiger partial charge in [-0.3, -0.25) is 4.79 Å². The van der Waals surface area contributed by atoms with Crippen LogP contribution in [0.4, 0.5) is 0 Å². The second-order valence-electron chi connectivity index (χ2n) is 6.09. The molecule has 0 atom stereocenters. The Morgan fingerprint density at radius 1 is 1.15 bits per heavy atom. The fourth-order valence-corrected chi connectivity index (χ4v) is 3.13. The van der Waals surface area contributed by atoms with Gasteiger partial charge in [-0.25, -0.2) is 4.98 Å². The van der Waals surface area contributed by atoms with Crippen molar-refractivity contribution in [2.24, 2.45) is 0 Å². The van der Waals surface area contributed by atoms with Gasteiger partial charge in [-0.15, -0.1) is 0 Å². The first kappa shape index (κ1) is 18.2. The number of nitrogens with zero attached hydrogens (tertiary/aromatic N) is 2. The number of para-hydroxylation sites is 1. The van der Waals surface area contributed by atoms with Gasteiger partial charge in [-0.1, -0.05) is 48.9 Å².